The third-order valence-electron chi connectivity index (χ3n) is 2.71. The quantitative estimate of drug-likeness (QED) is 0.873. The number of aryl methyl sites for hydroxylation is 1. The summed E-state index contributed by atoms with van der Waals surface area (Å²) in [6.07, 6.45) is 5.31. The van der Waals surface area contributed by atoms with Crippen LogP contribution in [0.5, 0.6) is 0 Å². The van der Waals surface area contributed by atoms with Gasteiger partial charge in [-0.25, -0.2) is 9.78 Å². The van der Waals surface area contributed by atoms with Crippen LogP contribution in [0.4, 0.5) is 0 Å². The number of pyridine rings is 1. The predicted molar refractivity (Wildman–Crippen MR) is 69.6 cm³/mol. The van der Waals surface area contributed by atoms with Gasteiger partial charge in [-0.3, -0.25) is 9.58 Å². The number of nitrogens with zero attached hydrogens (tertiary/aromatic N) is 4. The summed E-state index contributed by atoms with van der Waals surface area (Å²) in [7, 11) is 3.86. The van der Waals surface area contributed by atoms with Crippen LogP contribution in [-0.2, 0) is 20.1 Å². The van der Waals surface area contributed by atoms with Crippen molar-refractivity contribution in [3.05, 3.63) is 47.5 Å². The van der Waals surface area contributed by atoms with Gasteiger partial charge in [-0.1, -0.05) is 0 Å². The van der Waals surface area contributed by atoms with Crippen molar-refractivity contribution >= 4 is 5.97 Å². The minimum atomic E-state index is -1.00. The Balaban J connectivity index is 2.00. The predicted octanol–water partition coefficient (Wildman–Crippen LogP) is 1.15. The van der Waals surface area contributed by atoms with Gasteiger partial charge in [-0.05, 0) is 24.7 Å². The number of hydrogen-bond donors (Lipinski definition) is 1. The van der Waals surface area contributed by atoms with Crippen molar-refractivity contribution < 1.29 is 9.90 Å². The Labute approximate surface area is 111 Å². The lowest BCUT2D eigenvalue weighted by molar-refractivity contribution is 0.0690. The normalized spacial score (nSPS) is 10.9. The molecule has 0 aromatic carbocycles. The third-order valence-corrected chi connectivity index (χ3v) is 2.71. The highest BCUT2D eigenvalue weighted by Gasteiger charge is 2.07. The molecule has 0 aliphatic rings. The molecular formula is C13H16N4O2. The van der Waals surface area contributed by atoms with Gasteiger partial charge in [-0.15, -0.1) is 0 Å². The van der Waals surface area contributed by atoms with Gasteiger partial charge in [0.25, 0.3) is 0 Å². The number of hydrogen-bond acceptors (Lipinski definition) is 4. The summed E-state index contributed by atoms with van der Waals surface area (Å²) in [4.78, 5) is 16.7. The Hall–Kier alpha value is -2.21. The van der Waals surface area contributed by atoms with Crippen molar-refractivity contribution in [2.75, 3.05) is 7.05 Å². The Morgan fingerprint density at radius 1 is 1.42 bits per heavy atom. The molecule has 0 aliphatic carbocycles. The number of rotatable bonds is 5. The van der Waals surface area contributed by atoms with Crippen LogP contribution in [0.15, 0.2) is 30.7 Å². The lowest BCUT2D eigenvalue weighted by Crippen LogP contribution is -2.17. The van der Waals surface area contributed by atoms with E-state index >= 15 is 0 Å². The van der Waals surface area contributed by atoms with E-state index in [-0.39, 0.29) is 5.69 Å². The zero-order chi connectivity index (χ0) is 13.8. The molecular weight excluding hydrogens is 244 g/mol. The van der Waals surface area contributed by atoms with Crippen LogP contribution in [0.2, 0.25) is 0 Å². The van der Waals surface area contributed by atoms with E-state index in [9.17, 15) is 4.79 Å². The van der Waals surface area contributed by atoms with Crippen LogP contribution in [0.25, 0.3) is 0 Å². The van der Waals surface area contributed by atoms with Gasteiger partial charge in [-0.2, -0.15) is 5.10 Å². The molecule has 0 saturated heterocycles. The van der Waals surface area contributed by atoms with Crippen molar-refractivity contribution in [1.82, 2.24) is 19.7 Å². The second-order valence-electron chi connectivity index (χ2n) is 4.55. The molecule has 2 rings (SSSR count). The molecule has 100 valence electrons. The molecule has 0 unspecified atom stereocenters. The molecule has 1 N–H and O–H groups in total. The maximum atomic E-state index is 10.8. The van der Waals surface area contributed by atoms with Gasteiger partial charge in [0, 0.05) is 38.1 Å². The SMILES string of the molecule is CN(Cc1ccnc(C(=O)O)c1)Cc1cnn(C)c1. The molecule has 2 heterocycles. The fourth-order valence-corrected chi connectivity index (χ4v) is 1.92. The van der Waals surface area contributed by atoms with Gasteiger partial charge >= 0.3 is 5.97 Å². The number of aromatic carboxylic acids is 1. The van der Waals surface area contributed by atoms with E-state index in [1.807, 2.05) is 32.6 Å². The molecule has 0 aliphatic heterocycles. The van der Waals surface area contributed by atoms with Crippen molar-refractivity contribution in [3.8, 4) is 0 Å². The smallest absolute Gasteiger partial charge is 0.354 e. The Kier molecular flexibility index (Phi) is 3.91. The van der Waals surface area contributed by atoms with Crippen LogP contribution in [0.3, 0.4) is 0 Å². The largest absolute Gasteiger partial charge is 0.477 e. The summed E-state index contributed by atoms with van der Waals surface area (Å²) < 4.78 is 1.76. The standard InChI is InChI=1S/C13H16N4O2/c1-16(8-11-6-15-17(2)9-11)7-10-3-4-14-12(5-10)13(18)19/h3-6,9H,7-8H2,1-2H3,(H,18,19). The van der Waals surface area contributed by atoms with E-state index < -0.39 is 5.97 Å². The first-order valence-electron chi connectivity index (χ1n) is 5.89. The van der Waals surface area contributed by atoms with Crippen LogP contribution in [-0.4, -0.2) is 37.8 Å². The first-order chi connectivity index (χ1) is 9.04. The highest BCUT2D eigenvalue weighted by Crippen LogP contribution is 2.08. The van der Waals surface area contributed by atoms with E-state index in [1.165, 1.54) is 6.20 Å². The minimum Gasteiger partial charge on any atom is -0.477 e. The molecule has 2 aromatic rings. The maximum Gasteiger partial charge on any atom is 0.354 e. The highest BCUT2D eigenvalue weighted by atomic mass is 16.4. The summed E-state index contributed by atoms with van der Waals surface area (Å²) in [5.74, 6) is -1.00. The van der Waals surface area contributed by atoms with Gasteiger partial charge in [0.1, 0.15) is 5.69 Å². The lowest BCUT2D eigenvalue weighted by atomic mass is 10.2. The van der Waals surface area contributed by atoms with E-state index in [2.05, 4.69) is 15.0 Å². The first-order valence-corrected chi connectivity index (χ1v) is 5.89. The van der Waals surface area contributed by atoms with E-state index in [0.29, 0.717) is 6.54 Å². The summed E-state index contributed by atoms with van der Waals surface area (Å²) in [5.41, 5.74) is 2.13. The molecule has 0 bridgehead atoms. The Bertz CT molecular complexity index is 580. The Morgan fingerprint density at radius 3 is 2.79 bits per heavy atom. The summed E-state index contributed by atoms with van der Waals surface area (Å²) in [6.45, 7) is 1.43. The Morgan fingerprint density at radius 2 is 2.16 bits per heavy atom. The second kappa shape index (κ2) is 5.62. The monoisotopic (exact) mass is 260 g/mol. The number of aromatic nitrogens is 3. The average molecular weight is 260 g/mol. The van der Waals surface area contributed by atoms with E-state index in [4.69, 9.17) is 5.11 Å². The van der Waals surface area contributed by atoms with Gasteiger partial charge in [0.15, 0.2) is 0 Å². The second-order valence-corrected chi connectivity index (χ2v) is 4.55. The van der Waals surface area contributed by atoms with E-state index in [0.717, 1.165) is 17.7 Å². The highest BCUT2D eigenvalue weighted by molar-refractivity contribution is 5.85. The number of carbonyl (C=O) groups is 1. The average Bonchev–Trinajstić information content (AvgIpc) is 2.74. The maximum absolute atomic E-state index is 10.8. The van der Waals surface area contributed by atoms with Crippen molar-refractivity contribution in [3.63, 3.8) is 0 Å². The first kappa shape index (κ1) is 13.2. The molecule has 0 saturated carbocycles. The zero-order valence-electron chi connectivity index (χ0n) is 10.9. The molecule has 6 nitrogen and oxygen atoms in total. The molecule has 19 heavy (non-hydrogen) atoms. The summed E-state index contributed by atoms with van der Waals surface area (Å²) in [6, 6.07) is 3.42. The fourth-order valence-electron chi connectivity index (χ4n) is 1.92. The van der Waals surface area contributed by atoms with Gasteiger partial charge in [0.2, 0.25) is 0 Å². The molecule has 2 aromatic heterocycles. The fraction of sp³-hybridized carbons (Fsp3) is 0.308. The molecule has 0 amide bonds. The van der Waals surface area contributed by atoms with Crippen molar-refractivity contribution in [2.45, 2.75) is 13.1 Å². The molecule has 0 atom stereocenters. The van der Waals surface area contributed by atoms with Gasteiger partial charge < -0.3 is 5.11 Å². The van der Waals surface area contributed by atoms with E-state index in [1.54, 1.807) is 10.7 Å². The van der Waals surface area contributed by atoms with Crippen molar-refractivity contribution in [2.24, 2.45) is 7.05 Å². The van der Waals surface area contributed by atoms with Crippen LogP contribution >= 0.6 is 0 Å². The number of carboxylic acids is 1. The van der Waals surface area contributed by atoms with Gasteiger partial charge in [0.05, 0.1) is 6.20 Å². The van der Waals surface area contributed by atoms with Crippen LogP contribution < -0.4 is 0 Å². The van der Waals surface area contributed by atoms with Crippen LogP contribution in [0.1, 0.15) is 21.6 Å². The third kappa shape index (κ3) is 3.62. The molecule has 0 fully saturated rings. The number of carboxylic acid groups (broad SMARTS) is 1. The zero-order valence-corrected chi connectivity index (χ0v) is 10.9. The lowest BCUT2D eigenvalue weighted by Gasteiger charge is -2.15. The van der Waals surface area contributed by atoms with Crippen molar-refractivity contribution in [1.29, 1.82) is 0 Å². The molecule has 0 radical (unpaired) electrons. The topological polar surface area (TPSA) is 71.2 Å². The summed E-state index contributed by atoms with van der Waals surface area (Å²) >= 11 is 0. The molecule has 6 heteroatoms. The molecule has 0 spiro atoms. The minimum absolute atomic E-state index is 0.0762. The van der Waals surface area contributed by atoms with Crippen LogP contribution in [0, 0.1) is 0 Å². The summed E-state index contributed by atoms with van der Waals surface area (Å²) in [5, 5.41) is 13.0.